The van der Waals surface area contributed by atoms with Crippen molar-refractivity contribution >= 4 is 97.1 Å². The molecule has 0 unspecified atom stereocenters. The van der Waals surface area contributed by atoms with E-state index in [0.29, 0.717) is 5.95 Å². The molecule has 0 radical (unpaired) electrons. The van der Waals surface area contributed by atoms with E-state index in [1.54, 1.807) is 11.3 Å². The van der Waals surface area contributed by atoms with E-state index in [-0.39, 0.29) is 0 Å². The molecule has 15 rings (SSSR count). The van der Waals surface area contributed by atoms with Crippen LogP contribution in [0.4, 0.5) is 0 Å². The van der Waals surface area contributed by atoms with Crippen molar-refractivity contribution in [1.29, 1.82) is 0 Å². The summed E-state index contributed by atoms with van der Waals surface area (Å²) in [6.45, 7) is 0. The maximum absolute atomic E-state index is 5.73. The average Bonchev–Trinajstić information content (AvgIpc) is 4.07. The van der Waals surface area contributed by atoms with Gasteiger partial charge in [-0.05, 0) is 65.7 Å². The van der Waals surface area contributed by atoms with Crippen molar-refractivity contribution in [3.63, 3.8) is 0 Å². The van der Waals surface area contributed by atoms with Gasteiger partial charge in [0.2, 0.25) is 5.95 Å². The first-order chi connectivity index (χ1) is 31.8. The Kier molecular flexibility index (Phi) is 6.77. The highest BCUT2D eigenvalue weighted by atomic mass is 32.1. The van der Waals surface area contributed by atoms with Gasteiger partial charge in [-0.2, -0.15) is 0 Å². The van der Waals surface area contributed by atoms with Gasteiger partial charge in [-0.25, -0.2) is 9.97 Å². The number of hydrogen-bond donors (Lipinski definition) is 0. The van der Waals surface area contributed by atoms with Crippen LogP contribution in [0.2, 0.25) is 0 Å². The second kappa shape index (κ2) is 12.6. The summed E-state index contributed by atoms with van der Waals surface area (Å²) in [4.78, 5) is 11.4. The minimum Gasteiger partial charge on any atom is -0.309 e. The number of rotatable bonds is 3. The predicted molar refractivity (Wildman–Crippen MR) is 268 cm³/mol. The van der Waals surface area contributed by atoms with Crippen LogP contribution in [0, 0.1) is 0 Å². The predicted octanol–water partition coefficient (Wildman–Crippen LogP) is 15.5. The molecule has 0 fully saturated rings. The third-order valence-corrected chi connectivity index (χ3v) is 14.8. The Morgan fingerprint density at radius 1 is 0.391 bits per heavy atom. The Balaban J connectivity index is 1.09. The van der Waals surface area contributed by atoms with Crippen molar-refractivity contribution in [2.75, 3.05) is 0 Å². The van der Waals surface area contributed by atoms with Crippen molar-refractivity contribution in [3.05, 3.63) is 200 Å². The maximum atomic E-state index is 5.73. The molecule has 296 valence electrons. The van der Waals surface area contributed by atoms with Crippen molar-refractivity contribution in [1.82, 2.24) is 23.7 Å². The van der Waals surface area contributed by atoms with E-state index in [4.69, 9.17) is 9.97 Å². The quantitative estimate of drug-likeness (QED) is 0.178. The summed E-state index contributed by atoms with van der Waals surface area (Å²) in [6.07, 6.45) is 0. The normalized spacial score (nSPS) is 12.4. The average molecular weight is 832 g/mol. The van der Waals surface area contributed by atoms with Crippen LogP contribution >= 0.6 is 11.3 Å². The fourth-order valence-corrected chi connectivity index (χ4v) is 12.1. The highest BCUT2D eigenvalue weighted by Crippen LogP contribution is 2.52. The molecule has 0 aliphatic carbocycles. The largest absolute Gasteiger partial charge is 0.309 e. The van der Waals surface area contributed by atoms with Crippen LogP contribution in [0.3, 0.4) is 0 Å². The summed E-state index contributed by atoms with van der Waals surface area (Å²) < 4.78 is 9.50. The summed E-state index contributed by atoms with van der Waals surface area (Å²) in [6, 6.07) is 72.8. The van der Waals surface area contributed by atoms with Gasteiger partial charge in [-0.3, -0.25) is 4.57 Å². The topological polar surface area (TPSA) is 40.6 Å². The molecule has 0 N–H and O–H groups in total. The number of nitrogens with zero attached hydrogens (tertiary/aromatic N) is 5. The molecule has 0 spiro atoms. The number of para-hydroxylation sites is 5. The van der Waals surface area contributed by atoms with E-state index in [0.717, 1.165) is 49.1 Å². The van der Waals surface area contributed by atoms with E-state index in [1.807, 2.05) is 0 Å². The van der Waals surface area contributed by atoms with Crippen molar-refractivity contribution in [3.8, 4) is 50.8 Å². The van der Waals surface area contributed by atoms with Crippen LogP contribution in [0.5, 0.6) is 0 Å². The molecular weight excluding hydrogens is 799 g/mol. The summed E-state index contributed by atoms with van der Waals surface area (Å²) in [5.41, 5.74) is 17.0. The Labute approximate surface area is 370 Å². The van der Waals surface area contributed by atoms with Gasteiger partial charge in [-0.15, -0.1) is 11.3 Å². The lowest BCUT2D eigenvalue weighted by Gasteiger charge is -2.13. The molecular formula is C58H33N5S. The Morgan fingerprint density at radius 2 is 1.00 bits per heavy atom. The van der Waals surface area contributed by atoms with Crippen LogP contribution in [0.25, 0.3) is 137 Å². The van der Waals surface area contributed by atoms with Crippen molar-refractivity contribution in [2.45, 2.75) is 0 Å². The van der Waals surface area contributed by atoms with Crippen LogP contribution in [0.1, 0.15) is 0 Å². The summed E-state index contributed by atoms with van der Waals surface area (Å²) in [5, 5.41) is 8.36. The van der Waals surface area contributed by atoms with Crippen LogP contribution in [-0.2, 0) is 0 Å². The van der Waals surface area contributed by atoms with E-state index in [2.05, 4.69) is 214 Å². The van der Waals surface area contributed by atoms with E-state index >= 15 is 0 Å². The minimum atomic E-state index is 0.654. The molecule has 0 amide bonds. The first kappa shape index (κ1) is 34.3. The van der Waals surface area contributed by atoms with Gasteiger partial charge in [-0.1, -0.05) is 146 Å². The Bertz CT molecular complexity index is 4320. The highest BCUT2D eigenvalue weighted by molar-refractivity contribution is 7.26. The zero-order valence-electron chi connectivity index (χ0n) is 34.2. The first-order valence-corrected chi connectivity index (χ1v) is 22.6. The van der Waals surface area contributed by atoms with Crippen molar-refractivity contribution < 1.29 is 0 Å². The maximum Gasteiger partial charge on any atom is 0.235 e. The lowest BCUT2D eigenvalue weighted by Crippen LogP contribution is -2.03. The lowest BCUT2D eigenvalue weighted by molar-refractivity contribution is 1.02. The smallest absolute Gasteiger partial charge is 0.235 e. The summed E-state index contributed by atoms with van der Waals surface area (Å²) in [7, 11) is 0. The van der Waals surface area contributed by atoms with Crippen LogP contribution < -0.4 is 0 Å². The van der Waals surface area contributed by atoms with Gasteiger partial charge in [0.25, 0.3) is 0 Å². The number of thiophene rings is 1. The van der Waals surface area contributed by atoms with E-state index < -0.39 is 0 Å². The van der Waals surface area contributed by atoms with Gasteiger partial charge < -0.3 is 9.13 Å². The number of hydrogen-bond acceptors (Lipinski definition) is 3. The van der Waals surface area contributed by atoms with E-state index in [1.165, 1.54) is 81.5 Å². The van der Waals surface area contributed by atoms with Crippen LogP contribution in [0.15, 0.2) is 200 Å². The van der Waals surface area contributed by atoms with Crippen LogP contribution in [-0.4, -0.2) is 23.7 Å². The van der Waals surface area contributed by atoms with Gasteiger partial charge in [0.15, 0.2) is 0 Å². The molecule has 64 heavy (non-hydrogen) atoms. The van der Waals surface area contributed by atoms with Gasteiger partial charge in [0.1, 0.15) is 0 Å². The number of benzene rings is 9. The second-order valence-corrected chi connectivity index (χ2v) is 17.9. The van der Waals surface area contributed by atoms with E-state index in [9.17, 15) is 0 Å². The molecule has 1 aliphatic rings. The molecule has 1 aliphatic heterocycles. The standard InChI is InChI=1S/C58H33N5S/c1-2-16-35(17-3-1)61-45-25-11-7-20-38(45)40-31-30-34(32-49(40)61)54-57-55(43-24-10-15-29-51(43)64-57)60-58(59-54)63-48-28-14-9-23-42(48)52-50(63)33-44-39-21-8-13-27-47(39)62-46-26-12-6-19-37(46)36-18-4-5-22-41(36)53(52)56(44)62/h1-33H. The third-order valence-electron chi connectivity index (χ3n) is 13.6. The molecule has 14 aromatic rings. The Morgan fingerprint density at radius 3 is 1.81 bits per heavy atom. The molecule has 5 aromatic heterocycles. The molecule has 0 saturated heterocycles. The fraction of sp³-hybridized carbons (Fsp3) is 0. The van der Waals surface area contributed by atoms with Gasteiger partial charge in [0, 0.05) is 64.8 Å². The zero-order valence-corrected chi connectivity index (χ0v) is 35.0. The number of fused-ring (bicyclic) bond motifs is 18. The molecule has 0 saturated carbocycles. The molecule has 6 heteroatoms. The summed E-state index contributed by atoms with van der Waals surface area (Å²) >= 11 is 1.77. The lowest BCUT2D eigenvalue weighted by atomic mass is 9.91. The SMILES string of the molecule is c1ccc(-n2c3ccccc3c3ccc(-c4nc(-n5c6ccccc6c6c7c8c(cc65)c5ccccc5n8-c5ccccc5-c5ccccc5-7)nc5c4sc4ccccc45)cc32)cc1. The minimum absolute atomic E-state index is 0.654. The Hall–Kier alpha value is -8.32. The molecule has 6 heterocycles. The van der Waals surface area contributed by atoms with Gasteiger partial charge in [0.05, 0.1) is 54.7 Å². The summed E-state index contributed by atoms with van der Waals surface area (Å²) in [5.74, 6) is 0.654. The molecule has 0 bridgehead atoms. The number of aromatic nitrogens is 5. The van der Waals surface area contributed by atoms with Gasteiger partial charge >= 0.3 is 0 Å². The van der Waals surface area contributed by atoms with Crippen molar-refractivity contribution in [2.24, 2.45) is 0 Å². The molecule has 9 aromatic carbocycles. The zero-order chi connectivity index (χ0) is 41.6. The second-order valence-electron chi connectivity index (χ2n) is 16.9. The third kappa shape index (κ3) is 4.46. The molecule has 5 nitrogen and oxygen atoms in total. The molecule has 0 atom stereocenters. The fourth-order valence-electron chi connectivity index (χ4n) is 11.0. The first-order valence-electron chi connectivity index (χ1n) is 21.8. The monoisotopic (exact) mass is 831 g/mol. The highest BCUT2D eigenvalue weighted by Gasteiger charge is 2.30.